The van der Waals surface area contributed by atoms with Gasteiger partial charge in [0.2, 0.25) is 0 Å². The van der Waals surface area contributed by atoms with Crippen molar-refractivity contribution in [3.05, 3.63) is 118 Å². The van der Waals surface area contributed by atoms with Crippen LogP contribution in [0.15, 0.2) is 84.9 Å². The summed E-state index contributed by atoms with van der Waals surface area (Å²) in [6.45, 7) is 9.06. The molecule has 1 aliphatic carbocycles. The zero-order valence-corrected chi connectivity index (χ0v) is 18.3. The van der Waals surface area contributed by atoms with Gasteiger partial charge in [0.05, 0.1) is 0 Å². The van der Waals surface area contributed by atoms with Crippen LogP contribution in [0.5, 0.6) is 0 Å². The molecule has 4 aromatic carbocycles. The number of hydrogen-bond acceptors (Lipinski definition) is 0. The fraction of sp³-hybridized carbons (Fsp3) is 0.200. The number of benzene rings is 4. The highest BCUT2D eigenvalue weighted by Gasteiger charge is 2.41. The van der Waals surface area contributed by atoms with E-state index < -0.39 is 0 Å². The second-order valence-corrected chi connectivity index (χ2v) is 8.78. The summed E-state index contributed by atoms with van der Waals surface area (Å²) in [5.41, 5.74) is 13.5. The molecule has 1 aliphatic rings. The van der Waals surface area contributed by atoms with Crippen LogP contribution in [0.3, 0.4) is 0 Å². The Kier molecular flexibility index (Phi) is 4.40. The van der Waals surface area contributed by atoms with Crippen LogP contribution < -0.4 is 0 Å². The predicted octanol–water partition coefficient (Wildman–Crippen LogP) is 7.87. The van der Waals surface area contributed by atoms with E-state index in [0.29, 0.717) is 0 Å². The Labute approximate surface area is 180 Å². The maximum Gasteiger partial charge on any atom is 0.0441 e. The molecule has 148 valence electrons. The molecule has 0 amide bonds. The Hall–Kier alpha value is -3.12. The van der Waals surface area contributed by atoms with Gasteiger partial charge in [-0.15, -0.1) is 0 Å². The summed E-state index contributed by atoms with van der Waals surface area (Å²) in [6, 6.07) is 31.8. The molecule has 0 unspecified atom stereocenters. The van der Waals surface area contributed by atoms with E-state index in [1.165, 1.54) is 55.6 Å². The van der Waals surface area contributed by atoms with E-state index >= 15 is 0 Å². The highest BCUT2D eigenvalue weighted by Crippen LogP contribution is 2.54. The molecule has 4 aromatic rings. The van der Waals surface area contributed by atoms with Gasteiger partial charge >= 0.3 is 0 Å². The van der Waals surface area contributed by atoms with Gasteiger partial charge in [-0.25, -0.2) is 0 Å². The fourth-order valence-corrected chi connectivity index (χ4v) is 5.33. The van der Waals surface area contributed by atoms with Crippen LogP contribution >= 0.6 is 0 Å². The first-order valence-corrected chi connectivity index (χ1v) is 10.9. The summed E-state index contributed by atoms with van der Waals surface area (Å²) in [6.07, 6.45) is 1.04. The van der Waals surface area contributed by atoms with Crippen molar-refractivity contribution in [2.75, 3.05) is 0 Å². The molecule has 0 aromatic heterocycles. The first-order valence-electron chi connectivity index (χ1n) is 10.9. The zero-order chi connectivity index (χ0) is 20.9. The Morgan fingerprint density at radius 3 is 1.67 bits per heavy atom. The Balaban J connectivity index is 1.86. The Morgan fingerprint density at radius 1 is 0.567 bits per heavy atom. The Bertz CT molecular complexity index is 1210. The molecule has 0 heteroatoms. The van der Waals surface area contributed by atoms with Crippen molar-refractivity contribution in [2.45, 2.75) is 39.5 Å². The summed E-state index contributed by atoms with van der Waals surface area (Å²) in [7, 11) is 0. The highest BCUT2D eigenvalue weighted by atomic mass is 14.4. The van der Waals surface area contributed by atoms with Crippen LogP contribution in [-0.4, -0.2) is 0 Å². The second-order valence-electron chi connectivity index (χ2n) is 8.78. The van der Waals surface area contributed by atoms with Crippen LogP contribution in [0, 0.1) is 13.8 Å². The normalized spacial score (nSPS) is 13.7. The first-order chi connectivity index (χ1) is 14.5. The summed E-state index contributed by atoms with van der Waals surface area (Å²) >= 11 is 0. The third kappa shape index (κ3) is 2.67. The van der Waals surface area contributed by atoms with E-state index in [1.807, 2.05) is 0 Å². The second kappa shape index (κ2) is 6.99. The molecule has 0 heterocycles. The van der Waals surface area contributed by atoms with Crippen molar-refractivity contribution in [1.82, 2.24) is 0 Å². The van der Waals surface area contributed by atoms with Crippen molar-refractivity contribution < 1.29 is 0 Å². The van der Waals surface area contributed by atoms with Gasteiger partial charge in [0.15, 0.2) is 0 Å². The van der Waals surface area contributed by atoms with E-state index in [1.54, 1.807) is 0 Å². The van der Waals surface area contributed by atoms with Gasteiger partial charge in [0.1, 0.15) is 0 Å². The molecule has 0 atom stereocenters. The van der Waals surface area contributed by atoms with E-state index in [-0.39, 0.29) is 5.41 Å². The van der Waals surface area contributed by atoms with Crippen LogP contribution in [-0.2, 0) is 11.8 Å². The third-order valence-electron chi connectivity index (χ3n) is 6.87. The molecule has 5 rings (SSSR count). The minimum Gasteiger partial charge on any atom is -0.0619 e. The van der Waals surface area contributed by atoms with Crippen LogP contribution in [0.25, 0.3) is 22.3 Å². The predicted molar refractivity (Wildman–Crippen MR) is 128 cm³/mol. The van der Waals surface area contributed by atoms with Crippen molar-refractivity contribution in [3.8, 4) is 22.3 Å². The van der Waals surface area contributed by atoms with Crippen LogP contribution in [0.1, 0.15) is 47.2 Å². The summed E-state index contributed by atoms with van der Waals surface area (Å²) < 4.78 is 0. The molecule has 0 saturated carbocycles. The molecular weight excluding hydrogens is 360 g/mol. The number of aryl methyl sites for hydroxylation is 3. The largest absolute Gasteiger partial charge is 0.0619 e. The van der Waals surface area contributed by atoms with E-state index in [9.17, 15) is 0 Å². The maximum atomic E-state index is 2.41. The van der Waals surface area contributed by atoms with Crippen molar-refractivity contribution in [3.63, 3.8) is 0 Å². The number of rotatable bonds is 3. The lowest BCUT2D eigenvalue weighted by molar-refractivity contribution is 0.715. The maximum absolute atomic E-state index is 2.41. The van der Waals surface area contributed by atoms with Gasteiger partial charge in [-0.3, -0.25) is 0 Å². The molecular formula is C30H28. The van der Waals surface area contributed by atoms with E-state index in [0.717, 1.165) is 6.42 Å². The molecule has 0 fully saturated rings. The van der Waals surface area contributed by atoms with Gasteiger partial charge in [-0.1, -0.05) is 103 Å². The van der Waals surface area contributed by atoms with Crippen molar-refractivity contribution >= 4 is 0 Å². The average Bonchev–Trinajstić information content (AvgIpc) is 3.04. The van der Waals surface area contributed by atoms with Gasteiger partial charge in [0, 0.05) is 5.41 Å². The highest BCUT2D eigenvalue weighted by molar-refractivity contribution is 5.86. The number of fused-ring (bicyclic) bond motifs is 3. The van der Waals surface area contributed by atoms with Crippen LogP contribution in [0.4, 0.5) is 0 Å². The number of hydrogen-bond donors (Lipinski definition) is 0. The van der Waals surface area contributed by atoms with Crippen molar-refractivity contribution in [1.29, 1.82) is 0 Å². The molecule has 0 aliphatic heterocycles. The fourth-order valence-electron chi connectivity index (χ4n) is 5.33. The molecule has 0 bridgehead atoms. The molecule has 30 heavy (non-hydrogen) atoms. The standard InChI is InChI=1S/C30H28/c1-5-22-18-20(2)14-16-23(22)26-17-15-21(3)19-29(26)30(4)27-12-8-6-10-24(27)25-11-7-9-13-28(25)30/h6-19H,5H2,1-4H3. The average molecular weight is 389 g/mol. The minimum atomic E-state index is -0.176. The zero-order valence-electron chi connectivity index (χ0n) is 18.3. The van der Waals surface area contributed by atoms with E-state index in [4.69, 9.17) is 0 Å². The monoisotopic (exact) mass is 388 g/mol. The van der Waals surface area contributed by atoms with Crippen LogP contribution in [0.2, 0.25) is 0 Å². The SMILES string of the molecule is CCc1cc(C)ccc1-c1ccc(C)cc1C1(C)c2ccccc2-c2ccccc21. The Morgan fingerprint density at radius 2 is 1.07 bits per heavy atom. The minimum absolute atomic E-state index is 0.176. The summed E-state index contributed by atoms with van der Waals surface area (Å²) in [5, 5.41) is 0. The first kappa shape index (κ1) is 18.9. The van der Waals surface area contributed by atoms with Gasteiger partial charge in [-0.05, 0) is 71.7 Å². The van der Waals surface area contributed by atoms with Gasteiger partial charge in [0.25, 0.3) is 0 Å². The molecule has 0 nitrogen and oxygen atoms in total. The molecule has 0 saturated heterocycles. The molecule has 0 N–H and O–H groups in total. The lowest BCUT2D eigenvalue weighted by Gasteiger charge is -2.31. The lowest BCUT2D eigenvalue weighted by Crippen LogP contribution is -2.23. The lowest BCUT2D eigenvalue weighted by atomic mass is 9.71. The smallest absolute Gasteiger partial charge is 0.0441 e. The van der Waals surface area contributed by atoms with E-state index in [2.05, 4.69) is 113 Å². The summed E-state index contributed by atoms with van der Waals surface area (Å²) in [5.74, 6) is 0. The van der Waals surface area contributed by atoms with Gasteiger partial charge < -0.3 is 0 Å². The molecule has 0 spiro atoms. The van der Waals surface area contributed by atoms with Gasteiger partial charge in [-0.2, -0.15) is 0 Å². The summed E-state index contributed by atoms with van der Waals surface area (Å²) in [4.78, 5) is 0. The third-order valence-corrected chi connectivity index (χ3v) is 6.87. The topological polar surface area (TPSA) is 0 Å². The molecule has 0 radical (unpaired) electrons. The quantitative estimate of drug-likeness (QED) is 0.335. The van der Waals surface area contributed by atoms with Crippen molar-refractivity contribution in [2.24, 2.45) is 0 Å².